The van der Waals surface area contributed by atoms with E-state index >= 15 is 0 Å². The SMILES string of the molecule is COC(=O)c1cc(Nc2c(C(N)=O)cnc3cc(Cl)c(OCC(C)C)cc23)cc(C2CCCC2)c1. The van der Waals surface area contributed by atoms with Gasteiger partial charge in [-0.05, 0) is 60.6 Å². The number of hydrogen-bond acceptors (Lipinski definition) is 6. The van der Waals surface area contributed by atoms with Crippen LogP contribution in [0.1, 0.15) is 71.7 Å². The first-order valence-electron chi connectivity index (χ1n) is 11.8. The molecule has 1 aromatic heterocycles. The summed E-state index contributed by atoms with van der Waals surface area (Å²) in [5, 5.41) is 4.41. The van der Waals surface area contributed by atoms with Crippen molar-refractivity contribution in [3.63, 3.8) is 0 Å². The lowest BCUT2D eigenvalue weighted by Gasteiger charge is -2.18. The molecule has 0 bridgehead atoms. The molecule has 1 aliphatic rings. The monoisotopic (exact) mass is 495 g/mol. The van der Waals surface area contributed by atoms with Crippen molar-refractivity contribution >= 4 is 45.8 Å². The molecule has 0 atom stereocenters. The summed E-state index contributed by atoms with van der Waals surface area (Å²) < 4.78 is 10.9. The maximum atomic E-state index is 12.4. The number of rotatable bonds is 8. The van der Waals surface area contributed by atoms with E-state index in [0.29, 0.717) is 57.1 Å². The summed E-state index contributed by atoms with van der Waals surface area (Å²) in [5.41, 5.74) is 9.16. The van der Waals surface area contributed by atoms with Gasteiger partial charge in [-0.25, -0.2) is 4.79 Å². The van der Waals surface area contributed by atoms with E-state index in [1.165, 1.54) is 13.3 Å². The molecule has 0 radical (unpaired) electrons. The third kappa shape index (κ3) is 5.51. The van der Waals surface area contributed by atoms with Crippen LogP contribution in [0.3, 0.4) is 0 Å². The Balaban J connectivity index is 1.84. The summed E-state index contributed by atoms with van der Waals surface area (Å²) in [6, 6.07) is 9.10. The number of fused-ring (bicyclic) bond motifs is 1. The number of anilines is 2. The van der Waals surface area contributed by atoms with Crippen molar-refractivity contribution in [2.45, 2.75) is 45.4 Å². The van der Waals surface area contributed by atoms with E-state index in [-0.39, 0.29) is 5.56 Å². The van der Waals surface area contributed by atoms with Crippen molar-refractivity contribution in [3.05, 3.63) is 58.2 Å². The van der Waals surface area contributed by atoms with Gasteiger partial charge in [0.1, 0.15) is 5.75 Å². The predicted octanol–water partition coefficient (Wildman–Crippen LogP) is 6.21. The van der Waals surface area contributed by atoms with E-state index in [9.17, 15) is 9.59 Å². The summed E-state index contributed by atoms with van der Waals surface area (Å²) in [6.45, 7) is 4.58. The molecule has 2 aromatic carbocycles. The van der Waals surface area contributed by atoms with Crippen molar-refractivity contribution in [2.24, 2.45) is 11.7 Å². The molecule has 3 aromatic rings. The fourth-order valence-electron chi connectivity index (χ4n) is 4.48. The average molecular weight is 496 g/mol. The maximum absolute atomic E-state index is 12.4. The number of esters is 1. The molecule has 1 fully saturated rings. The number of nitrogens with zero attached hydrogens (tertiary/aromatic N) is 1. The second-order valence-corrected chi connectivity index (χ2v) is 9.76. The molecule has 4 rings (SSSR count). The number of pyridine rings is 1. The molecule has 0 aliphatic heterocycles. The number of hydrogen-bond donors (Lipinski definition) is 2. The van der Waals surface area contributed by atoms with E-state index in [4.69, 9.17) is 26.8 Å². The fourth-order valence-corrected chi connectivity index (χ4v) is 4.69. The summed E-state index contributed by atoms with van der Waals surface area (Å²) >= 11 is 6.44. The number of amides is 1. The summed E-state index contributed by atoms with van der Waals surface area (Å²) in [7, 11) is 1.36. The molecule has 184 valence electrons. The molecule has 0 saturated heterocycles. The molecule has 0 unspecified atom stereocenters. The number of aromatic nitrogens is 1. The maximum Gasteiger partial charge on any atom is 0.337 e. The number of benzene rings is 2. The van der Waals surface area contributed by atoms with Gasteiger partial charge in [0.25, 0.3) is 5.91 Å². The van der Waals surface area contributed by atoms with E-state index in [2.05, 4.69) is 10.3 Å². The third-order valence-electron chi connectivity index (χ3n) is 6.23. The van der Waals surface area contributed by atoms with Gasteiger partial charge in [-0.3, -0.25) is 9.78 Å². The minimum absolute atomic E-state index is 0.223. The van der Waals surface area contributed by atoms with Crippen molar-refractivity contribution in [1.29, 1.82) is 0 Å². The molecule has 7 nitrogen and oxygen atoms in total. The topological polar surface area (TPSA) is 104 Å². The Hall–Kier alpha value is -3.32. The molecular formula is C27H30ClN3O4. The van der Waals surface area contributed by atoms with Crippen LogP contribution in [-0.4, -0.2) is 30.6 Å². The number of ether oxygens (including phenoxy) is 2. The molecule has 35 heavy (non-hydrogen) atoms. The highest BCUT2D eigenvalue weighted by molar-refractivity contribution is 6.33. The van der Waals surface area contributed by atoms with E-state index < -0.39 is 11.9 Å². The van der Waals surface area contributed by atoms with Crippen LogP contribution in [0.5, 0.6) is 5.75 Å². The summed E-state index contributed by atoms with van der Waals surface area (Å²) in [4.78, 5) is 29.1. The average Bonchev–Trinajstić information content (AvgIpc) is 3.37. The van der Waals surface area contributed by atoms with Gasteiger partial charge in [0.15, 0.2) is 0 Å². The number of carbonyl (C=O) groups excluding carboxylic acids is 2. The Morgan fingerprint density at radius 1 is 1.17 bits per heavy atom. The van der Waals surface area contributed by atoms with Gasteiger partial charge < -0.3 is 20.5 Å². The first-order chi connectivity index (χ1) is 16.8. The Morgan fingerprint density at radius 2 is 1.91 bits per heavy atom. The number of carbonyl (C=O) groups is 2. The van der Waals surface area contributed by atoms with Crippen LogP contribution in [0, 0.1) is 5.92 Å². The molecule has 1 amide bonds. The molecule has 0 spiro atoms. The predicted molar refractivity (Wildman–Crippen MR) is 138 cm³/mol. The van der Waals surface area contributed by atoms with Crippen molar-refractivity contribution in [1.82, 2.24) is 4.98 Å². The van der Waals surface area contributed by atoms with Gasteiger partial charge in [0.2, 0.25) is 0 Å². The molecule has 1 heterocycles. The zero-order valence-electron chi connectivity index (χ0n) is 20.2. The highest BCUT2D eigenvalue weighted by atomic mass is 35.5. The first-order valence-corrected chi connectivity index (χ1v) is 12.2. The Labute approximate surface area is 210 Å². The van der Waals surface area contributed by atoms with E-state index in [1.54, 1.807) is 18.2 Å². The molecular weight excluding hydrogens is 466 g/mol. The minimum Gasteiger partial charge on any atom is -0.492 e. The first kappa shape index (κ1) is 24.8. The molecule has 1 saturated carbocycles. The smallest absolute Gasteiger partial charge is 0.337 e. The van der Waals surface area contributed by atoms with Crippen LogP contribution >= 0.6 is 11.6 Å². The van der Waals surface area contributed by atoms with Gasteiger partial charge >= 0.3 is 5.97 Å². The van der Waals surface area contributed by atoms with Gasteiger partial charge in [-0.2, -0.15) is 0 Å². The van der Waals surface area contributed by atoms with Crippen LogP contribution in [0.2, 0.25) is 5.02 Å². The summed E-state index contributed by atoms with van der Waals surface area (Å²) in [5.74, 6) is 0.138. The van der Waals surface area contributed by atoms with E-state index in [0.717, 1.165) is 31.2 Å². The third-order valence-corrected chi connectivity index (χ3v) is 6.53. The quantitative estimate of drug-likeness (QED) is 0.360. The number of methoxy groups -OCH3 is 1. The van der Waals surface area contributed by atoms with Gasteiger partial charge in [-0.1, -0.05) is 38.3 Å². The normalized spacial score (nSPS) is 13.9. The van der Waals surface area contributed by atoms with Crippen molar-refractivity contribution < 1.29 is 19.1 Å². The molecule has 8 heteroatoms. The molecule has 3 N–H and O–H groups in total. The van der Waals surface area contributed by atoms with Crippen LogP contribution in [-0.2, 0) is 4.74 Å². The number of primary amides is 1. The Morgan fingerprint density at radius 3 is 2.57 bits per heavy atom. The lowest BCUT2D eigenvalue weighted by Crippen LogP contribution is -2.14. The van der Waals surface area contributed by atoms with Crippen LogP contribution in [0.4, 0.5) is 11.4 Å². The van der Waals surface area contributed by atoms with Crippen molar-refractivity contribution in [2.75, 3.05) is 19.0 Å². The fraction of sp³-hybridized carbons (Fsp3) is 0.370. The van der Waals surface area contributed by atoms with Crippen molar-refractivity contribution in [3.8, 4) is 5.75 Å². The Kier molecular flexibility index (Phi) is 7.45. The van der Waals surface area contributed by atoms with Gasteiger partial charge in [-0.15, -0.1) is 0 Å². The van der Waals surface area contributed by atoms with Crippen LogP contribution in [0.25, 0.3) is 10.9 Å². The van der Waals surface area contributed by atoms with E-state index in [1.807, 2.05) is 26.0 Å². The largest absolute Gasteiger partial charge is 0.492 e. The second kappa shape index (κ2) is 10.5. The standard InChI is InChI=1S/C27H30ClN3O4/c1-15(2)14-35-24-11-20-23(12-22(24)28)30-13-21(26(29)32)25(20)31-19-9-17(16-6-4-5-7-16)8-18(10-19)27(33)34-3/h8-13,15-16H,4-7,14H2,1-3H3,(H2,29,32)(H,30,31). The second-order valence-electron chi connectivity index (χ2n) is 9.36. The van der Waals surface area contributed by atoms with Crippen LogP contribution in [0.15, 0.2) is 36.5 Å². The number of nitrogens with one attached hydrogen (secondary N) is 1. The Bertz CT molecular complexity index is 1270. The lowest BCUT2D eigenvalue weighted by molar-refractivity contribution is 0.0600. The number of nitrogens with two attached hydrogens (primary N) is 1. The zero-order chi connectivity index (χ0) is 25.1. The minimum atomic E-state index is -0.623. The van der Waals surface area contributed by atoms with Gasteiger partial charge in [0, 0.05) is 17.3 Å². The summed E-state index contributed by atoms with van der Waals surface area (Å²) in [6.07, 6.45) is 5.90. The highest BCUT2D eigenvalue weighted by Crippen LogP contribution is 2.39. The van der Waals surface area contributed by atoms with Gasteiger partial charge in [0.05, 0.1) is 41.1 Å². The zero-order valence-corrected chi connectivity index (χ0v) is 20.9. The molecule has 1 aliphatic carbocycles. The number of halogens is 1. The lowest BCUT2D eigenvalue weighted by atomic mass is 9.95. The van der Waals surface area contributed by atoms with Crippen LogP contribution < -0.4 is 15.8 Å². The highest BCUT2D eigenvalue weighted by Gasteiger charge is 2.21.